The molecule has 3 nitrogen and oxygen atoms in total. The van der Waals surface area contributed by atoms with Gasteiger partial charge in [-0.05, 0) is 28.8 Å². The number of carbonyl (C=O) groups is 1. The maximum absolute atomic E-state index is 12.8. The van der Waals surface area contributed by atoms with E-state index in [1.54, 1.807) is 19.2 Å². The Hall–Kier alpha value is -2.20. The molecule has 0 heterocycles. The molecule has 0 radical (unpaired) electrons. The van der Waals surface area contributed by atoms with E-state index in [1.165, 1.54) is 12.1 Å². The van der Waals surface area contributed by atoms with Crippen molar-refractivity contribution in [3.05, 3.63) is 71.0 Å². The lowest BCUT2D eigenvalue weighted by Gasteiger charge is -2.07. The van der Waals surface area contributed by atoms with Gasteiger partial charge in [0.15, 0.2) is 0 Å². The number of benzene rings is 2. The molecule has 1 amide bonds. The lowest BCUT2D eigenvalue weighted by Crippen LogP contribution is -2.24. The van der Waals surface area contributed by atoms with Crippen LogP contribution in [0.15, 0.2) is 48.5 Å². The highest BCUT2D eigenvalue weighted by Gasteiger charge is 2.04. The van der Waals surface area contributed by atoms with Crippen molar-refractivity contribution in [2.24, 2.45) is 0 Å². The van der Waals surface area contributed by atoms with E-state index < -0.39 is 0 Å². The molecule has 0 spiro atoms. The highest BCUT2D eigenvalue weighted by molar-refractivity contribution is 5.78. The minimum Gasteiger partial charge on any atom is -0.380 e. The lowest BCUT2D eigenvalue weighted by molar-refractivity contribution is -0.120. The number of methoxy groups -OCH3 is 1. The molecule has 0 saturated heterocycles. The van der Waals surface area contributed by atoms with Gasteiger partial charge in [0.1, 0.15) is 5.82 Å². The van der Waals surface area contributed by atoms with Gasteiger partial charge in [-0.3, -0.25) is 4.79 Å². The second kappa shape index (κ2) is 7.55. The zero-order valence-electron chi connectivity index (χ0n) is 11.9. The van der Waals surface area contributed by atoms with Crippen LogP contribution >= 0.6 is 0 Å². The van der Waals surface area contributed by atoms with Crippen molar-refractivity contribution >= 4 is 5.91 Å². The van der Waals surface area contributed by atoms with E-state index in [1.807, 2.05) is 24.3 Å². The number of carbonyl (C=O) groups excluding carboxylic acids is 1. The molecular formula is C17H18FNO2. The number of nitrogens with one attached hydrogen (secondary N) is 1. The van der Waals surface area contributed by atoms with Crippen LogP contribution in [-0.4, -0.2) is 13.0 Å². The van der Waals surface area contributed by atoms with Crippen molar-refractivity contribution in [1.29, 1.82) is 0 Å². The number of hydrogen-bond acceptors (Lipinski definition) is 2. The molecule has 21 heavy (non-hydrogen) atoms. The van der Waals surface area contributed by atoms with Crippen LogP contribution in [0.25, 0.3) is 0 Å². The number of rotatable bonds is 6. The maximum atomic E-state index is 12.8. The van der Waals surface area contributed by atoms with E-state index in [0.717, 1.165) is 16.7 Å². The first-order valence-corrected chi connectivity index (χ1v) is 6.75. The predicted molar refractivity (Wildman–Crippen MR) is 79.1 cm³/mol. The van der Waals surface area contributed by atoms with Crippen molar-refractivity contribution in [3.63, 3.8) is 0 Å². The van der Waals surface area contributed by atoms with Crippen molar-refractivity contribution < 1.29 is 13.9 Å². The summed E-state index contributed by atoms with van der Waals surface area (Å²) >= 11 is 0. The molecule has 0 aliphatic heterocycles. The Labute approximate surface area is 123 Å². The van der Waals surface area contributed by atoms with Gasteiger partial charge >= 0.3 is 0 Å². The van der Waals surface area contributed by atoms with E-state index in [9.17, 15) is 9.18 Å². The quantitative estimate of drug-likeness (QED) is 0.887. The van der Waals surface area contributed by atoms with Crippen LogP contribution in [0, 0.1) is 5.82 Å². The molecule has 4 heteroatoms. The first kappa shape index (κ1) is 15.2. The van der Waals surface area contributed by atoms with Crippen molar-refractivity contribution in [2.45, 2.75) is 19.6 Å². The fourth-order valence-electron chi connectivity index (χ4n) is 2.05. The van der Waals surface area contributed by atoms with Gasteiger partial charge < -0.3 is 10.1 Å². The monoisotopic (exact) mass is 287 g/mol. The molecule has 2 rings (SSSR count). The van der Waals surface area contributed by atoms with E-state index in [-0.39, 0.29) is 18.1 Å². The Morgan fingerprint density at radius 1 is 1.10 bits per heavy atom. The Balaban J connectivity index is 1.86. The first-order chi connectivity index (χ1) is 10.2. The largest absolute Gasteiger partial charge is 0.380 e. The van der Waals surface area contributed by atoms with E-state index in [2.05, 4.69) is 5.32 Å². The minimum atomic E-state index is -0.297. The SMILES string of the molecule is COCc1cccc(CNC(=O)Cc2ccc(F)cc2)c1. The fraction of sp³-hybridized carbons (Fsp3) is 0.235. The molecule has 0 aliphatic carbocycles. The van der Waals surface area contributed by atoms with Gasteiger partial charge in [-0.15, -0.1) is 0 Å². The third-order valence-electron chi connectivity index (χ3n) is 3.07. The second-order valence-corrected chi connectivity index (χ2v) is 4.83. The molecule has 0 fully saturated rings. The van der Waals surface area contributed by atoms with Gasteiger partial charge in [0, 0.05) is 13.7 Å². The summed E-state index contributed by atoms with van der Waals surface area (Å²) in [6.45, 7) is 1.02. The van der Waals surface area contributed by atoms with Crippen LogP contribution in [0.1, 0.15) is 16.7 Å². The zero-order valence-corrected chi connectivity index (χ0v) is 11.9. The number of ether oxygens (including phenoxy) is 1. The Bertz CT molecular complexity index is 596. The molecule has 0 saturated carbocycles. The van der Waals surface area contributed by atoms with Gasteiger partial charge in [-0.25, -0.2) is 4.39 Å². The van der Waals surface area contributed by atoms with Crippen LogP contribution in [0.4, 0.5) is 4.39 Å². The average Bonchev–Trinajstić information content (AvgIpc) is 2.48. The van der Waals surface area contributed by atoms with E-state index in [4.69, 9.17) is 4.74 Å². The molecule has 0 bridgehead atoms. The Kier molecular flexibility index (Phi) is 5.46. The van der Waals surface area contributed by atoms with Gasteiger partial charge in [0.25, 0.3) is 0 Å². The molecular weight excluding hydrogens is 269 g/mol. The third-order valence-corrected chi connectivity index (χ3v) is 3.07. The smallest absolute Gasteiger partial charge is 0.224 e. The number of halogens is 1. The summed E-state index contributed by atoms with van der Waals surface area (Å²) in [5.74, 6) is -0.382. The number of amides is 1. The third kappa shape index (κ3) is 5.00. The summed E-state index contributed by atoms with van der Waals surface area (Å²) in [6, 6.07) is 13.8. The summed E-state index contributed by atoms with van der Waals surface area (Å²) in [6.07, 6.45) is 0.248. The standard InChI is InChI=1S/C17H18FNO2/c1-21-12-15-4-2-3-14(9-15)11-19-17(20)10-13-5-7-16(18)8-6-13/h2-9H,10-12H2,1H3,(H,19,20). The van der Waals surface area contributed by atoms with Crippen LogP contribution in [0.3, 0.4) is 0 Å². The lowest BCUT2D eigenvalue weighted by atomic mass is 10.1. The van der Waals surface area contributed by atoms with Crippen LogP contribution in [0.2, 0.25) is 0 Å². The van der Waals surface area contributed by atoms with Gasteiger partial charge in [-0.2, -0.15) is 0 Å². The summed E-state index contributed by atoms with van der Waals surface area (Å²) in [5.41, 5.74) is 2.89. The van der Waals surface area contributed by atoms with E-state index >= 15 is 0 Å². The molecule has 110 valence electrons. The average molecular weight is 287 g/mol. The highest BCUT2D eigenvalue weighted by Crippen LogP contribution is 2.07. The Morgan fingerprint density at radius 2 is 1.81 bits per heavy atom. The summed E-state index contributed by atoms with van der Waals surface area (Å²) in [7, 11) is 1.65. The topological polar surface area (TPSA) is 38.3 Å². The summed E-state index contributed by atoms with van der Waals surface area (Å²) < 4.78 is 17.9. The normalized spacial score (nSPS) is 10.4. The van der Waals surface area contributed by atoms with Crippen LogP contribution < -0.4 is 5.32 Å². The summed E-state index contributed by atoms with van der Waals surface area (Å²) in [4.78, 5) is 11.9. The van der Waals surface area contributed by atoms with Gasteiger partial charge in [-0.1, -0.05) is 36.4 Å². The predicted octanol–water partition coefficient (Wildman–Crippen LogP) is 2.83. The second-order valence-electron chi connectivity index (χ2n) is 4.83. The van der Waals surface area contributed by atoms with Crippen molar-refractivity contribution in [1.82, 2.24) is 5.32 Å². The van der Waals surface area contributed by atoms with E-state index in [0.29, 0.717) is 13.2 Å². The molecule has 0 aliphatic rings. The Morgan fingerprint density at radius 3 is 2.52 bits per heavy atom. The molecule has 0 atom stereocenters. The zero-order chi connectivity index (χ0) is 15.1. The van der Waals surface area contributed by atoms with Crippen molar-refractivity contribution in [3.8, 4) is 0 Å². The molecule has 2 aromatic carbocycles. The fourth-order valence-corrected chi connectivity index (χ4v) is 2.05. The van der Waals surface area contributed by atoms with Crippen molar-refractivity contribution in [2.75, 3.05) is 7.11 Å². The minimum absolute atomic E-state index is 0.0845. The molecule has 2 aromatic rings. The summed E-state index contributed by atoms with van der Waals surface area (Å²) in [5, 5.41) is 2.86. The maximum Gasteiger partial charge on any atom is 0.224 e. The first-order valence-electron chi connectivity index (χ1n) is 6.75. The van der Waals surface area contributed by atoms with Crippen LogP contribution in [0.5, 0.6) is 0 Å². The van der Waals surface area contributed by atoms with Gasteiger partial charge in [0.05, 0.1) is 13.0 Å². The molecule has 0 aromatic heterocycles. The number of hydrogen-bond donors (Lipinski definition) is 1. The van der Waals surface area contributed by atoms with Gasteiger partial charge in [0.2, 0.25) is 5.91 Å². The molecule has 0 unspecified atom stereocenters. The highest BCUT2D eigenvalue weighted by atomic mass is 19.1. The van der Waals surface area contributed by atoms with Crippen LogP contribution in [-0.2, 0) is 29.1 Å². The molecule has 1 N–H and O–H groups in total.